The first-order valence-electron chi connectivity index (χ1n) is 10.2. The van der Waals surface area contributed by atoms with Crippen LogP contribution in [0.25, 0.3) is 10.9 Å². The molecule has 1 amide bonds. The van der Waals surface area contributed by atoms with Crippen LogP contribution in [0.2, 0.25) is 5.02 Å². The Bertz CT molecular complexity index is 1220. The highest BCUT2D eigenvalue weighted by Gasteiger charge is 2.21. The Hall–Kier alpha value is -3.19. The highest BCUT2D eigenvalue weighted by atomic mass is 35.5. The number of benzene rings is 2. The molecule has 0 fully saturated rings. The zero-order valence-corrected chi connectivity index (χ0v) is 17.8. The van der Waals surface area contributed by atoms with E-state index in [9.17, 15) is 14.4 Å². The van der Waals surface area contributed by atoms with Crippen LogP contribution in [0, 0.1) is 0 Å². The molecule has 1 atom stereocenters. The molecule has 0 saturated carbocycles. The first-order chi connectivity index (χ1) is 14.9. The van der Waals surface area contributed by atoms with Gasteiger partial charge in [-0.1, -0.05) is 30.2 Å². The van der Waals surface area contributed by atoms with Gasteiger partial charge in [0.1, 0.15) is 5.82 Å². The molecule has 7 nitrogen and oxygen atoms in total. The lowest BCUT2D eigenvalue weighted by molar-refractivity contribution is -0.123. The third kappa shape index (κ3) is 4.46. The quantitative estimate of drug-likeness (QED) is 0.621. The van der Waals surface area contributed by atoms with Crippen LogP contribution >= 0.6 is 11.6 Å². The van der Waals surface area contributed by atoms with E-state index >= 15 is 0 Å². The number of halogens is 1. The fourth-order valence-electron chi connectivity index (χ4n) is 3.62. The fourth-order valence-corrected chi connectivity index (χ4v) is 3.81. The number of hydrogen-bond donors (Lipinski definition) is 1. The summed E-state index contributed by atoms with van der Waals surface area (Å²) in [5.41, 5.74) is 1.04. The maximum Gasteiger partial charge on any atom is 0.338 e. The van der Waals surface area contributed by atoms with Crippen molar-refractivity contribution in [1.29, 1.82) is 0 Å². The van der Waals surface area contributed by atoms with Crippen molar-refractivity contribution in [3.8, 4) is 0 Å². The molecule has 3 aromatic rings. The third-order valence-corrected chi connectivity index (χ3v) is 5.67. The highest BCUT2D eigenvalue weighted by molar-refractivity contribution is 6.33. The second kappa shape index (κ2) is 8.89. The topological polar surface area (TPSA) is 90.3 Å². The minimum Gasteiger partial charge on any atom is -0.449 e. The Balaban J connectivity index is 1.53. The van der Waals surface area contributed by atoms with Crippen molar-refractivity contribution in [3.05, 3.63) is 69.2 Å². The molecule has 1 N–H and O–H groups in total. The van der Waals surface area contributed by atoms with Gasteiger partial charge >= 0.3 is 5.97 Å². The summed E-state index contributed by atoms with van der Waals surface area (Å²) in [6, 6.07) is 11.5. The van der Waals surface area contributed by atoms with Crippen molar-refractivity contribution < 1.29 is 14.3 Å². The van der Waals surface area contributed by atoms with E-state index in [1.807, 2.05) is 0 Å². The molecule has 1 unspecified atom stereocenters. The predicted octanol–water partition coefficient (Wildman–Crippen LogP) is 3.96. The number of rotatable bonds is 4. The van der Waals surface area contributed by atoms with Crippen LogP contribution in [0.3, 0.4) is 0 Å². The molecule has 0 spiro atoms. The van der Waals surface area contributed by atoms with Crippen LogP contribution < -0.4 is 10.9 Å². The summed E-state index contributed by atoms with van der Waals surface area (Å²) >= 11 is 6.05. The summed E-state index contributed by atoms with van der Waals surface area (Å²) in [6.07, 6.45) is 2.70. The van der Waals surface area contributed by atoms with Gasteiger partial charge in [0.25, 0.3) is 11.5 Å². The molecule has 1 aliphatic rings. The second-order valence-corrected chi connectivity index (χ2v) is 7.95. The number of fused-ring (bicyclic) bond motifs is 2. The van der Waals surface area contributed by atoms with Gasteiger partial charge in [-0.25, -0.2) is 9.78 Å². The van der Waals surface area contributed by atoms with Gasteiger partial charge < -0.3 is 10.1 Å². The number of aryl methyl sites for hydroxylation is 1. The Kier molecular flexibility index (Phi) is 6.04. The largest absolute Gasteiger partial charge is 0.449 e. The fraction of sp³-hybridized carbons (Fsp3) is 0.304. The van der Waals surface area contributed by atoms with Crippen LogP contribution in [-0.4, -0.2) is 27.5 Å². The zero-order chi connectivity index (χ0) is 22.0. The molecule has 0 aliphatic carbocycles. The molecule has 31 heavy (non-hydrogen) atoms. The van der Waals surface area contributed by atoms with E-state index in [4.69, 9.17) is 16.3 Å². The summed E-state index contributed by atoms with van der Waals surface area (Å²) in [7, 11) is 0. The number of aromatic nitrogens is 2. The average Bonchev–Trinajstić information content (AvgIpc) is 3.00. The number of ether oxygens (including phenoxy) is 1. The molecular weight excluding hydrogens is 418 g/mol. The van der Waals surface area contributed by atoms with E-state index in [2.05, 4.69) is 10.3 Å². The van der Waals surface area contributed by atoms with E-state index in [1.165, 1.54) is 13.0 Å². The molecule has 0 saturated heterocycles. The van der Waals surface area contributed by atoms with Gasteiger partial charge in [-0.15, -0.1) is 0 Å². The van der Waals surface area contributed by atoms with Gasteiger partial charge in [-0.3, -0.25) is 14.2 Å². The van der Waals surface area contributed by atoms with Crippen molar-refractivity contribution in [2.75, 3.05) is 5.32 Å². The summed E-state index contributed by atoms with van der Waals surface area (Å²) in [4.78, 5) is 42.4. The molecule has 4 rings (SSSR count). The normalized spacial score (nSPS) is 14.4. The lowest BCUT2D eigenvalue weighted by Crippen LogP contribution is -2.30. The molecule has 2 heterocycles. The molecule has 1 aliphatic heterocycles. The lowest BCUT2D eigenvalue weighted by Gasteiger charge is -2.15. The molecule has 2 aromatic carbocycles. The highest BCUT2D eigenvalue weighted by Crippen LogP contribution is 2.21. The third-order valence-electron chi connectivity index (χ3n) is 5.34. The van der Waals surface area contributed by atoms with Crippen LogP contribution in [-0.2, 0) is 22.5 Å². The van der Waals surface area contributed by atoms with Crippen LogP contribution in [0.4, 0.5) is 5.69 Å². The van der Waals surface area contributed by atoms with Gasteiger partial charge in [0.05, 0.1) is 27.2 Å². The van der Waals surface area contributed by atoms with Crippen LogP contribution in [0.5, 0.6) is 0 Å². The maximum absolute atomic E-state index is 12.8. The minimum atomic E-state index is -1.04. The Morgan fingerprint density at radius 2 is 1.97 bits per heavy atom. The van der Waals surface area contributed by atoms with Crippen molar-refractivity contribution in [2.24, 2.45) is 0 Å². The smallest absolute Gasteiger partial charge is 0.338 e. The van der Waals surface area contributed by atoms with Gasteiger partial charge in [0.2, 0.25) is 0 Å². The molecular formula is C23H22ClN3O4. The summed E-state index contributed by atoms with van der Waals surface area (Å²) < 4.78 is 7.05. The lowest BCUT2D eigenvalue weighted by atomic mass is 10.1. The summed E-state index contributed by atoms with van der Waals surface area (Å²) in [6.45, 7) is 2.15. The molecule has 8 heteroatoms. The van der Waals surface area contributed by atoms with E-state index in [0.717, 1.165) is 31.5 Å². The number of esters is 1. The first-order valence-corrected chi connectivity index (χ1v) is 10.6. The van der Waals surface area contributed by atoms with Gasteiger partial charge in [-0.2, -0.15) is 0 Å². The van der Waals surface area contributed by atoms with Crippen LogP contribution in [0.15, 0.2) is 47.3 Å². The van der Waals surface area contributed by atoms with Crippen molar-refractivity contribution in [3.63, 3.8) is 0 Å². The van der Waals surface area contributed by atoms with Gasteiger partial charge in [-0.05, 0) is 50.1 Å². The zero-order valence-electron chi connectivity index (χ0n) is 17.1. The van der Waals surface area contributed by atoms with Gasteiger partial charge in [0.15, 0.2) is 6.10 Å². The second-order valence-electron chi connectivity index (χ2n) is 7.54. The Morgan fingerprint density at radius 3 is 2.77 bits per heavy atom. The van der Waals surface area contributed by atoms with E-state index in [1.54, 1.807) is 41.0 Å². The molecule has 160 valence electrons. The first kappa shape index (κ1) is 21.1. The Morgan fingerprint density at radius 1 is 1.16 bits per heavy atom. The van der Waals surface area contributed by atoms with Crippen molar-refractivity contribution >= 4 is 40.1 Å². The van der Waals surface area contributed by atoms with E-state index in [0.29, 0.717) is 28.2 Å². The minimum absolute atomic E-state index is 0.0886. The number of carbonyl (C=O) groups excluding carboxylic acids is 2. The monoisotopic (exact) mass is 439 g/mol. The maximum atomic E-state index is 12.8. The standard InChI is InChI=1S/C23H22ClN3O4/c1-14(21(28)26-18-8-5-4-7-17(18)24)31-23(30)15-10-11-16-19(13-15)25-20-9-3-2-6-12-27(20)22(16)29/h4-5,7-8,10-11,13-14H,2-3,6,9,12H2,1H3,(H,26,28). The SMILES string of the molecule is CC(OC(=O)c1ccc2c(=O)n3c(nc2c1)CCCCC3)C(=O)Nc1ccccc1Cl. The van der Waals surface area contributed by atoms with E-state index in [-0.39, 0.29) is 11.1 Å². The predicted molar refractivity (Wildman–Crippen MR) is 119 cm³/mol. The number of nitrogens with zero attached hydrogens (tertiary/aromatic N) is 2. The number of amides is 1. The number of nitrogens with one attached hydrogen (secondary N) is 1. The van der Waals surface area contributed by atoms with E-state index < -0.39 is 18.0 Å². The molecule has 0 radical (unpaired) electrons. The summed E-state index contributed by atoms with van der Waals surface area (Å²) in [5.74, 6) is -0.419. The Labute approximate surface area is 184 Å². The van der Waals surface area contributed by atoms with Crippen LogP contribution in [0.1, 0.15) is 42.4 Å². The number of carbonyl (C=O) groups is 2. The molecule has 0 bridgehead atoms. The van der Waals surface area contributed by atoms with Crippen molar-refractivity contribution in [2.45, 2.75) is 45.3 Å². The van der Waals surface area contributed by atoms with Gasteiger partial charge in [0, 0.05) is 13.0 Å². The molecule has 1 aromatic heterocycles. The number of para-hydroxylation sites is 1. The average molecular weight is 440 g/mol. The number of hydrogen-bond acceptors (Lipinski definition) is 5. The summed E-state index contributed by atoms with van der Waals surface area (Å²) in [5, 5.41) is 3.49. The van der Waals surface area contributed by atoms with Crippen molar-refractivity contribution in [1.82, 2.24) is 9.55 Å². The number of anilines is 1.